The van der Waals surface area contributed by atoms with Gasteiger partial charge >= 0.3 is 0 Å². The number of hydrogen-bond donors (Lipinski definition) is 2. The fourth-order valence-electron chi connectivity index (χ4n) is 0.665. The van der Waals surface area contributed by atoms with Gasteiger partial charge in [-0.15, -0.1) is 0 Å². The average Bonchev–Trinajstić information content (AvgIpc) is 1.92. The van der Waals surface area contributed by atoms with E-state index in [1.807, 2.05) is 18.6 Å². The lowest BCUT2D eigenvalue weighted by atomic mass is 10.1. The molecule has 0 saturated carbocycles. The van der Waals surface area contributed by atoms with Crippen LogP contribution in [0.3, 0.4) is 0 Å². The molecule has 9 heavy (non-hydrogen) atoms. The second-order valence-electron chi connectivity index (χ2n) is 2.70. The third-order valence-corrected chi connectivity index (χ3v) is 1.23. The lowest BCUT2D eigenvalue weighted by Crippen LogP contribution is -2.32. The van der Waals surface area contributed by atoms with Crippen molar-refractivity contribution in [2.75, 3.05) is 0 Å². The number of hydrogen-bond acceptors (Lipinski definition) is 2. The Labute approximate surface area is 55.6 Å². The van der Waals surface area contributed by atoms with Gasteiger partial charge in [-0.1, -0.05) is 0 Å². The molecule has 2 nitrogen and oxygen atoms in total. The largest absolute Gasteiger partial charge is 0.381 e. The summed E-state index contributed by atoms with van der Waals surface area (Å²) in [6.07, 6.45) is 7.77. The molecule has 0 unspecified atom stereocenters. The molecule has 0 fully saturated rings. The predicted molar refractivity (Wildman–Crippen MR) is 38.6 cm³/mol. The van der Waals surface area contributed by atoms with E-state index in [4.69, 9.17) is 0 Å². The van der Waals surface area contributed by atoms with Gasteiger partial charge in [0.1, 0.15) is 0 Å². The first kappa shape index (κ1) is 6.20. The molecular formula is C7H12N2. The van der Waals surface area contributed by atoms with E-state index in [9.17, 15) is 0 Å². The van der Waals surface area contributed by atoms with Crippen LogP contribution in [0.5, 0.6) is 0 Å². The summed E-state index contributed by atoms with van der Waals surface area (Å²) in [5.74, 6) is 0. The first-order valence-corrected chi connectivity index (χ1v) is 3.07. The molecule has 0 amide bonds. The van der Waals surface area contributed by atoms with Gasteiger partial charge < -0.3 is 10.6 Å². The Bertz CT molecular complexity index is 145. The molecule has 0 radical (unpaired) electrons. The zero-order valence-corrected chi connectivity index (χ0v) is 5.81. The highest BCUT2D eigenvalue weighted by molar-refractivity contribution is 5.07. The molecule has 2 heteroatoms. The summed E-state index contributed by atoms with van der Waals surface area (Å²) in [6.45, 7) is 4.22. The van der Waals surface area contributed by atoms with Crippen molar-refractivity contribution in [1.29, 1.82) is 0 Å². The molecule has 2 N–H and O–H groups in total. The summed E-state index contributed by atoms with van der Waals surface area (Å²) in [6, 6.07) is 0. The minimum atomic E-state index is 0.0833. The van der Waals surface area contributed by atoms with Gasteiger partial charge in [0.05, 0.1) is 5.54 Å². The Morgan fingerprint density at radius 3 is 2.67 bits per heavy atom. The van der Waals surface area contributed by atoms with Crippen molar-refractivity contribution in [3.63, 3.8) is 0 Å². The molecular weight excluding hydrogens is 112 g/mol. The summed E-state index contributed by atoms with van der Waals surface area (Å²) >= 11 is 0. The molecule has 0 spiro atoms. The summed E-state index contributed by atoms with van der Waals surface area (Å²) in [5, 5.41) is 6.17. The Balaban J connectivity index is 2.66. The molecule has 0 aromatic heterocycles. The van der Waals surface area contributed by atoms with Crippen LogP contribution in [-0.4, -0.2) is 5.54 Å². The van der Waals surface area contributed by atoms with E-state index in [-0.39, 0.29) is 5.54 Å². The average molecular weight is 124 g/mol. The summed E-state index contributed by atoms with van der Waals surface area (Å²) < 4.78 is 0. The third kappa shape index (κ3) is 1.80. The van der Waals surface area contributed by atoms with Crippen LogP contribution in [0.1, 0.15) is 13.8 Å². The predicted octanol–water partition coefficient (Wildman–Crippen LogP) is 0.943. The molecule has 0 bridgehead atoms. The summed E-state index contributed by atoms with van der Waals surface area (Å²) in [7, 11) is 0. The lowest BCUT2D eigenvalue weighted by Gasteiger charge is -2.18. The minimum Gasteiger partial charge on any atom is -0.381 e. The summed E-state index contributed by atoms with van der Waals surface area (Å²) in [5.41, 5.74) is 0.0833. The van der Waals surface area contributed by atoms with E-state index in [1.54, 1.807) is 0 Å². The fourth-order valence-corrected chi connectivity index (χ4v) is 0.665. The normalized spacial score (nSPS) is 22.0. The van der Waals surface area contributed by atoms with Crippen LogP contribution in [0.2, 0.25) is 0 Å². The van der Waals surface area contributed by atoms with Crippen LogP contribution in [-0.2, 0) is 0 Å². The first-order chi connectivity index (χ1) is 4.21. The molecule has 0 aliphatic carbocycles. The minimum absolute atomic E-state index is 0.0833. The number of rotatable bonds is 0. The highest BCUT2D eigenvalue weighted by Gasteiger charge is 2.10. The Hall–Kier alpha value is -0.920. The van der Waals surface area contributed by atoms with E-state index in [1.165, 1.54) is 0 Å². The maximum atomic E-state index is 3.19. The van der Waals surface area contributed by atoms with Crippen molar-refractivity contribution in [1.82, 2.24) is 10.6 Å². The highest BCUT2D eigenvalue weighted by Crippen LogP contribution is 2.03. The monoisotopic (exact) mass is 124 g/mol. The topological polar surface area (TPSA) is 24.1 Å². The van der Waals surface area contributed by atoms with Crippen molar-refractivity contribution >= 4 is 0 Å². The van der Waals surface area contributed by atoms with Gasteiger partial charge in [-0.2, -0.15) is 0 Å². The van der Waals surface area contributed by atoms with Gasteiger partial charge in [-0.25, -0.2) is 0 Å². The van der Waals surface area contributed by atoms with Crippen LogP contribution in [0, 0.1) is 0 Å². The SMILES string of the molecule is CC1(C)C=CNC=CN1. The zero-order valence-electron chi connectivity index (χ0n) is 5.81. The summed E-state index contributed by atoms with van der Waals surface area (Å²) in [4.78, 5) is 0. The van der Waals surface area contributed by atoms with E-state index < -0.39 is 0 Å². The second-order valence-corrected chi connectivity index (χ2v) is 2.70. The maximum absolute atomic E-state index is 3.19. The maximum Gasteiger partial charge on any atom is 0.0511 e. The van der Waals surface area contributed by atoms with Gasteiger partial charge in [-0.3, -0.25) is 0 Å². The van der Waals surface area contributed by atoms with Crippen molar-refractivity contribution < 1.29 is 0 Å². The third-order valence-electron chi connectivity index (χ3n) is 1.23. The van der Waals surface area contributed by atoms with E-state index in [0.717, 1.165) is 0 Å². The van der Waals surface area contributed by atoms with Crippen LogP contribution in [0.4, 0.5) is 0 Å². The van der Waals surface area contributed by atoms with Gasteiger partial charge in [0.25, 0.3) is 0 Å². The Morgan fingerprint density at radius 1 is 1.11 bits per heavy atom. The zero-order chi connectivity index (χ0) is 6.74. The van der Waals surface area contributed by atoms with Gasteiger partial charge in [0, 0.05) is 12.4 Å². The Kier molecular flexibility index (Phi) is 1.47. The molecule has 0 atom stereocenters. The van der Waals surface area contributed by atoms with Crippen LogP contribution in [0.15, 0.2) is 24.7 Å². The molecule has 1 aliphatic rings. The molecule has 50 valence electrons. The fraction of sp³-hybridized carbons (Fsp3) is 0.429. The first-order valence-electron chi connectivity index (χ1n) is 3.07. The van der Waals surface area contributed by atoms with Gasteiger partial charge in [0.2, 0.25) is 0 Å². The van der Waals surface area contributed by atoms with E-state index in [2.05, 4.69) is 30.6 Å². The van der Waals surface area contributed by atoms with Gasteiger partial charge in [0.15, 0.2) is 0 Å². The van der Waals surface area contributed by atoms with E-state index >= 15 is 0 Å². The van der Waals surface area contributed by atoms with Crippen LogP contribution >= 0.6 is 0 Å². The molecule has 0 aromatic rings. The standard InChI is InChI=1S/C7H12N2/c1-7(2)3-4-8-5-6-9-7/h3-6,8-9H,1-2H3. The molecule has 0 saturated heterocycles. The number of nitrogens with one attached hydrogen (secondary N) is 2. The molecule has 0 aromatic carbocycles. The molecule has 1 rings (SSSR count). The van der Waals surface area contributed by atoms with E-state index in [0.29, 0.717) is 0 Å². The molecule has 1 heterocycles. The van der Waals surface area contributed by atoms with Crippen molar-refractivity contribution in [2.45, 2.75) is 19.4 Å². The van der Waals surface area contributed by atoms with Gasteiger partial charge in [-0.05, 0) is 26.1 Å². The van der Waals surface area contributed by atoms with Crippen molar-refractivity contribution in [3.05, 3.63) is 24.7 Å². The smallest absolute Gasteiger partial charge is 0.0511 e. The highest BCUT2D eigenvalue weighted by atomic mass is 15.0. The lowest BCUT2D eigenvalue weighted by molar-refractivity contribution is 0.555. The van der Waals surface area contributed by atoms with Crippen LogP contribution in [0.25, 0.3) is 0 Å². The van der Waals surface area contributed by atoms with Crippen molar-refractivity contribution in [3.8, 4) is 0 Å². The molecule has 1 aliphatic heterocycles. The quantitative estimate of drug-likeness (QED) is 0.502. The van der Waals surface area contributed by atoms with Crippen molar-refractivity contribution in [2.24, 2.45) is 0 Å². The van der Waals surface area contributed by atoms with Crippen LogP contribution < -0.4 is 10.6 Å². The Morgan fingerprint density at radius 2 is 1.89 bits per heavy atom. The second kappa shape index (κ2) is 2.13.